The summed E-state index contributed by atoms with van der Waals surface area (Å²) in [5.74, 6) is 1.65. The van der Waals surface area contributed by atoms with E-state index >= 15 is 0 Å². The summed E-state index contributed by atoms with van der Waals surface area (Å²) in [5, 5.41) is 0. The van der Waals surface area contributed by atoms with Crippen LogP contribution in [0.3, 0.4) is 0 Å². The van der Waals surface area contributed by atoms with Gasteiger partial charge in [0.1, 0.15) is 11.5 Å². The molecule has 3 aromatic carbocycles. The van der Waals surface area contributed by atoms with E-state index in [0.29, 0.717) is 0 Å². The van der Waals surface area contributed by atoms with Crippen molar-refractivity contribution >= 4 is 27.0 Å². The monoisotopic (exact) mass is 477 g/mol. The van der Waals surface area contributed by atoms with E-state index in [9.17, 15) is 4.79 Å². The van der Waals surface area contributed by atoms with Crippen molar-refractivity contribution in [2.75, 3.05) is 13.1 Å². The summed E-state index contributed by atoms with van der Waals surface area (Å²) >= 11 is 3.53. The molecule has 1 aliphatic heterocycles. The van der Waals surface area contributed by atoms with Crippen molar-refractivity contribution in [3.05, 3.63) is 93.3 Å². The number of rotatable bonds is 5. The predicted octanol–water partition coefficient (Wildman–Crippen LogP) is 5.72. The first-order valence-corrected chi connectivity index (χ1v) is 11.4. The fraction of sp³-hybridized carbons (Fsp3) is 0.240. The third-order valence-corrected chi connectivity index (χ3v) is 6.57. The Morgan fingerprint density at radius 1 is 0.968 bits per heavy atom. The second-order valence-corrected chi connectivity index (χ2v) is 8.86. The van der Waals surface area contributed by atoms with Gasteiger partial charge in [-0.2, -0.15) is 0 Å². The molecule has 1 aliphatic rings. The van der Waals surface area contributed by atoms with Gasteiger partial charge in [0.05, 0.1) is 15.5 Å². The third kappa shape index (κ3) is 4.31. The van der Waals surface area contributed by atoms with Crippen LogP contribution in [0.1, 0.15) is 24.4 Å². The van der Waals surface area contributed by atoms with E-state index in [2.05, 4.69) is 37.9 Å². The first kappa shape index (κ1) is 20.1. The molecule has 0 atom stereocenters. The van der Waals surface area contributed by atoms with E-state index in [1.165, 1.54) is 5.56 Å². The molecule has 0 unspecified atom stereocenters. The normalized spacial score (nSPS) is 15.4. The van der Waals surface area contributed by atoms with E-state index in [4.69, 9.17) is 4.74 Å². The van der Waals surface area contributed by atoms with Gasteiger partial charge in [-0.25, -0.2) is 4.79 Å². The molecule has 2 heterocycles. The molecule has 0 amide bonds. The zero-order valence-electron chi connectivity index (χ0n) is 17.1. The minimum Gasteiger partial charge on any atom is -0.456 e. The van der Waals surface area contributed by atoms with Gasteiger partial charge in [-0.3, -0.25) is 9.47 Å². The molecule has 5 rings (SSSR count). The Balaban J connectivity index is 1.24. The van der Waals surface area contributed by atoms with Crippen LogP contribution in [0.15, 0.2) is 82.1 Å². The highest BCUT2D eigenvalue weighted by Crippen LogP contribution is 2.30. The number of piperidine rings is 1. The highest BCUT2D eigenvalue weighted by Gasteiger charge is 2.23. The second kappa shape index (κ2) is 8.73. The number of nitrogens with one attached hydrogen (secondary N) is 1. The molecule has 31 heavy (non-hydrogen) atoms. The van der Waals surface area contributed by atoms with E-state index in [1.54, 1.807) is 0 Å². The van der Waals surface area contributed by atoms with Crippen molar-refractivity contribution in [3.63, 3.8) is 0 Å². The Bertz CT molecular complexity index is 1250. The second-order valence-electron chi connectivity index (χ2n) is 8.00. The number of ether oxygens (including phenoxy) is 1. The fourth-order valence-corrected chi connectivity index (χ4v) is 4.76. The Hall–Kier alpha value is -2.83. The topological polar surface area (TPSA) is 50.3 Å². The first-order valence-electron chi connectivity index (χ1n) is 10.6. The standard InChI is InChI=1S/C25H24BrN3O2/c26-21-8-1-4-11-24(21)31-20-7-5-6-18(16-20)17-28-14-12-19(13-15-28)29-23-10-3-2-9-22(23)27-25(29)30/h1-11,16,19H,12-15,17H2,(H,27,30). The van der Waals surface area contributed by atoms with E-state index < -0.39 is 0 Å². The molecule has 1 fully saturated rings. The Morgan fingerprint density at radius 2 is 1.74 bits per heavy atom. The lowest BCUT2D eigenvalue weighted by atomic mass is 10.0. The van der Waals surface area contributed by atoms with Crippen molar-refractivity contribution in [2.45, 2.75) is 25.4 Å². The summed E-state index contributed by atoms with van der Waals surface area (Å²) in [6, 6.07) is 24.3. The molecular formula is C25H24BrN3O2. The molecule has 0 spiro atoms. The maximum Gasteiger partial charge on any atom is 0.326 e. The van der Waals surface area contributed by atoms with Crippen LogP contribution in [0.25, 0.3) is 11.0 Å². The fourth-order valence-electron chi connectivity index (χ4n) is 4.39. The molecular weight excluding hydrogens is 454 g/mol. The molecule has 0 radical (unpaired) electrons. The first-order chi connectivity index (χ1) is 15.2. The van der Waals surface area contributed by atoms with Gasteiger partial charge < -0.3 is 9.72 Å². The van der Waals surface area contributed by atoms with Crippen LogP contribution in [0.2, 0.25) is 0 Å². The number of fused-ring (bicyclic) bond motifs is 1. The predicted molar refractivity (Wildman–Crippen MR) is 127 cm³/mol. The number of H-pyrrole nitrogens is 1. The summed E-state index contributed by atoms with van der Waals surface area (Å²) in [7, 11) is 0. The Kier molecular flexibility index (Phi) is 5.66. The van der Waals surface area contributed by atoms with Gasteiger partial charge in [-0.05, 0) is 70.7 Å². The molecule has 4 aromatic rings. The summed E-state index contributed by atoms with van der Waals surface area (Å²) in [6.07, 6.45) is 1.93. The molecule has 0 aliphatic carbocycles. The van der Waals surface area contributed by atoms with Gasteiger partial charge in [0.15, 0.2) is 0 Å². The number of hydrogen-bond donors (Lipinski definition) is 1. The van der Waals surface area contributed by atoms with Crippen LogP contribution in [0.5, 0.6) is 11.5 Å². The zero-order valence-corrected chi connectivity index (χ0v) is 18.7. The zero-order chi connectivity index (χ0) is 21.2. The summed E-state index contributed by atoms with van der Waals surface area (Å²) < 4.78 is 8.94. The van der Waals surface area contributed by atoms with Crippen molar-refractivity contribution in [1.82, 2.24) is 14.5 Å². The molecule has 5 nitrogen and oxygen atoms in total. The van der Waals surface area contributed by atoms with Crippen LogP contribution >= 0.6 is 15.9 Å². The number of imidazole rings is 1. The molecule has 1 saturated heterocycles. The smallest absolute Gasteiger partial charge is 0.326 e. The summed E-state index contributed by atoms with van der Waals surface area (Å²) in [4.78, 5) is 17.9. The minimum absolute atomic E-state index is 0.00317. The number of nitrogens with zero attached hydrogens (tertiary/aromatic N) is 2. The number of benzene rings is 3. The molecule has 158 valence electrons. The molecule has 0 saturated carbocycles. The molecule has 6 heteroatoms. The van der Waals surface area contributed by atoms with Crippen molar-refractivity contribution in [2.24, 2.45) is 0 Å². The minimum atomic E-state index is -0.00317. The lowest BCUT2D eigenvalue weighted by Crippen LogP contribution is -2.36. The largest absolute Gasteiger partial charge is 0.456 e. The van der Waals surface area contributed by atoms with E-state index in [0.717, 1.165) is 59.5 Å². The van der Waals surface area contributed by atoms with Crippen molar-refractivity contribution in [3.8, 4) is 11.5 Å². The van der Waals surface area contributed by atoms with Gasteiger partial charge in [0.25, 0.3) is 0 Å². The number of aromatic nitrogens is 2. The number of para-hydroxylation sites is 3. The van der Waals surface area contributed by atoms with Gasteiger partial charge in [-0.15, -0.1) is 0 Å². The summed E-state index contributed by atoms with van der Waals surface area (Å²) in [6.45, 7) is 2.81. The van der Waals surface area contributed by atoms with E-state index in [-0.39, 0.29) is 11.7 Å². The maximum atomic E-state index is 12.5. The average Bonchev–Trinajstić information content (AvgIpc) is 3.12. The van der Waals surface area contributed by atoms with Crippen LogP contribution < -0.4 is 10.4 Å². The van der Waals surface area contributed by atoms with Crippen molar-refractivity contribution in [1.29, 1.82) is 0 Å². The summed E-state index contributed by atoms with van der Waals surface area (Å²) in [5.41, 5.74) is 3.14. The van der Waals surface area contributed by atoms with E-state index in [1.807, 2.05) is 65.2 Å². The van der Waals surface area contributed by atoms with Gasteiger partial charge in [0.2, 0.25) is 0 Å². The molecule has 0 bridgehead atoms. The highest BCUT2D eigenvalue weighted by atomic mass is 79.9. The number of likely N-dealkylation sites (tertiary alicyclic amines) is 1. The lowest BCUT2D eigenvalue weighted by Gasteiger charge is -2.32. The van der Waals surface area contributed by atoms with Gasteiger partial charge in [0, 0.05) is 25.7 Å². The Labute approximate surface area is 189 Å². The number of hydrogen-bond acceptors (Lipinski definition) is 3. The molecule has 1 N–H and O–H groups in total. The third-order valence-electron chi connectivity index (χ3n) is 5.92. The average molecular weight is 478 g/mol. The number of halogens is 1. The van der Waals surface area contributed by atoms with Crippen LogP contribution in [-0.2, 0) is 6.54 Å². The molecule has 1 aromatic heterocycles. The number of aromatic amines is 1. The lowest BCUT2D eigenvalue weighted by molar-refractivity contribution is 0.180. The van der Waals surface area contributed by atoms with Gasteiger partial charge >= 0.3 is 5.69 Å². The van der Waals surface area contributed by atoms with Crippen LogP contribution in [0.4, 0.5) is 0 Å². The Morgan fingerprint density at radius 3 is 2.58 bits per heavy atom. The van der Waals surface area contributed by atoms with Gasteiger partial charge in [-0.1, -0.05) is 36.4 Å². The quantitative estimate of drug-likeness (QED) is 0.399. The van der Waals surface area contributed by atoms with Crippen LogP contribution in [0, 0.1) is 0 Å². The SMILES string of the molecule is O=c1[nH]c2ccccc2n1C1CCN(Cc2cccc(Oc3ccccc3Br)c2)CC1. The highest BCUT2D eigenvalue weighted by molar-refractivity contribution is 9.10. The van der Waals surface area contributed by atoms with Crippen molar-refractivity contribution < 1.29 is 4.74 Å². The maximum absolute atomic E-state index is 12.5. The van der Waals surface area contributed by atoms with Crippen LogP contribution in [-0.4, -0.2) is 27.5 Å².